The monoisotopic (exact) mass is 293 g/mol. The van der Waals surface area contributed by atoms with Crippen LogP contribution >= 0.6 is 0 Å². The van der Waals surface area contributed by atoms with E-state index in [1.54, 1.807) is 6.92 Å². The van der Waals surface area contributed by atoms with Crippen molar-refractivity contribution in [2.24, 2.45) is 17.4 Å². The van der Waals surface area contributed by atoms with Gasteiger partial charge in [0.25, 0.3) is 0 Å². The highest BCUT2D eigenvalue weighted by Gasteiger charge is 2.30. The van der Waals surface area contributed by atoms with E-state index in [-0.39, 0.29) is 29.7 Å². The molecular weight excluding hydrogens is 269 g/mol. The molecular formula is C16H24FN3O. The Labute approximate surface area is 125 Å². The minimum atomic E-state index is -0.270. The van der Waals surface area contributed by atoms with Crippen LogP contribution in [0.2, 0.25) is 0 Å². The Balaban J connectivity index is 2.43. The van der Waals surface area contributed by atoms with Gasteiger partial charge in [-0.2, -0.15) is 0 Å². The van der Waals surface area contributed by atoms with Crippen molar-refractivity contribution in [2.45, 2.75) is 45.7 Å². The van der Waals surface area contributed by atoms with E-state index < -0.39 is 0 Å². The molecule has 2 unspecified atom stereocenters. The predicted octanol–water partition coefficient (Wildman–Crippen LogP) is 2.24. The van der Waals surface area contributed by atoms with Crippen LogP contribution in [0.3, 0.4) is 0 Å². The molecule has 4 N–H and O–H groups in total. The number of aryl methyl sites for hydroxylation is 1. The van der Waals surface area contributed by atoms with Crippen LogP contribution < -0.4 is 16.4 Å². The van der Waals surface area contributed by atoms with Gasteiger partial charge >= 0.3 is 0 Å². The first-order chi connectivity index (χ1) is 9.81. The number of anilines is 1. The molecule has 0 radical (unpaired) electrons. The lowest BCUT2D eigenvalue weighted by atomic mass is 9.91. The Morgan fingerprint density at radius 3 is 2.67 bits per heavy atom. The molecule has 1 saturated heterocycles. The first-order valence-electron chi connectivity index (χ1n) is 7.42. The second kappa shape index (κ2) is 6.02. The fourth-order valence-electron chi connectivity index (χ4n) is 2.97. The number of carbonyl (C=O) groups excluding carboxylic acids is 1. The quantitative estimate of drug-likeness (QED) is 0.897. The van der Waals surface area contributed by atoms with Crippen LogP contribution in [-0.2, 0) is 4.79 Å². The summed E-state index contributed by atoms with van der Waals surface area (Å²) in [5, 5.41) is 0. The van der Waals surface area contributed by atoms with Crippen molar-refractivity contribution in [3.8, 4) is 0 Å². The highest BCUT2D eigenvalue weighted by atomic mass is 19.1. The number of halogens is 1. The summed E-state index contributed by atoms with van der Waals surface area (Å²) in [4.78, 5) is 13.6. The number of carbonyl (C=O) groups is 1. The minimum absolute atomic E-state index is 0.160. The number of nitrogens with zero attached hydrogens (tertiary/aromatic N) is 1. The Morgan fingerprint density at radius 1 is 1.43 bits per heavy atom. The molecule has 0 spiro atoms. The van der Waals surface area contributed by atoms with Crippen LogP contribution in [0, 0.1) is 18.7 Å². The van der Waals surface area contributed by atoms with Crippen LogP contribution in [0.5, 0.6) is 0 Å². The molecule has 1 fully saturated rings. The molecule has 1 aliphatic heterocycles. The lowest BCUT2D eigenvalue weighted by Gasteiger charge is -2.40. The Bertz CT molecular complexity index is 545. The SMILES string of the molecule is Cc1cc(N2CC(C(N)=O)CCC2C)c([C@@H](C)N)cc1F. The molecule has 0 aliphatic carbocycles. The smallest absolute Gasteiger partial charge is 0.222 e. The van der Waals surface area contributed by atoms with Crippen molar-refractivity contribution in [2.75, 3.05) is 11.4 Å². The molecule has 0 aromatic heterocycles. The summed E-state index contributed by atoms with van der Waals surface area (Å²) in [5.41, 5.74) is 13.7. The van der Waals surface area contributed by atoms with Gasteiger partial charge in [-0.1, -0.05) is 0 Å². The van der Waals surface area contributed by atoms with Crippen LogP contribution in [-0.4, -0.2) is 18.5 Å². The molecule has 1 aromatic rings. The molecule has 4 nitrogen and oxygen atoms in total. The lowest BCUT2D eigenvalue weighted by molar-refractivity contribution is -0.122. The number of hydrogen-bond donors (Lipinski definition) is 2. The number of benzene rings is 1. The van der Waals surface area contributed by atoms with E-state index in [0.717, 1.165) is 24.1 Å². The first kappa shape index (κ1) is 15.8. The average Bonchev–Trinajstić information content (AvgIpc) is 2.41. The predicted molar refractivity (Wildman–Crippen MR) is 82.5 cm³/mol. The summed E-state index contributed by atoms with van der Waals surface area (Å²) >= 11 is 0. The van der Waals surface area contributed by atoms with Gasteiger partial charge in [0.2, 0.25) is 5.91 Å². The summed E-state index contributed by atoms with van der Waals surface area (Å²) < 4.78 is 13.8. The fraction of sp³-hybridized carbons (Fsp3) is 0.562. The zero-order valence-electron chi connectivity index (χ0n) is 12.9. The van der Waals surface area contributed by atoms with Crippen LogP contribution in [0.4, 0.5) is 10.1 Å². The molecule has 116 valence electrons. The molecule has 21 heavy (non-hydrogen) atoms. The number of rotatable bonds is 3. The van der Waals surface area contributed by atoms with Gasteiger partial charge in [0.1, 0.15) is 5.82 Å². The maximum atomic E-state index is 13.8. The van der Waals surface area contributed by atoms with Crippen molar-refractivity contribution in [3.63, 3.8) is 0 Å². The van der Waals surface area contributed by atoms with Crippen molar-refractivity contribution in [3.05, 3.63) is 29.1 Å². The van der Waals surface area contributed by atoms with E-state index in [2.05, 4.69) is 11.8 Å². The van der Waals surface area contributed by atoms with Crippen molar-refractivity contribution >= 4 is 11.6 Å². The molecule has 2 rings (SSSR count). The van der Waals surface area contributed by atoms with E-state index >= 15 is 0 Å². The molecule has 5 heteroatoms. The summed E-state index contributed by atoms with van der Waals surface area (Å²) in [6.07, 6.45) is 1.70. The number of hydrogen-bond acceptors (Lipinski definition) is 3. The zero-order valence-corrected chi connectivity index (χ0v) is 12.9. The standard InChI is InChI=1S/C16H24FN3O/c1-9-6-15(13(11(3)18)7-14(9)17)20-8-12(16(19)21)5-4-10(20)2/h6-7,10-12H,4-5,8,18H2,1-3H3,(H2,19,21)/t10?,11-,12?/m1/s1. The molecule has 1 heterocycles. The molecule has 1 aromatic carbocycles. The lowest BCUT2D eigenvalue weighted by Crippen LogP contribution is -2.46. The van der Waals surface area contributed by atoms with E-state index in [0.29, 0.717) is 12.1 Å². The first-order valence-corrected chi connectivity index (χ1v) is 7.42. The maximum absolute atomic E-state index is 13.8. The minimum Gasteiger partial charge on any atom is -0.369 e. The largest absolute Gasteiger partial charge is 0.369 e. The van der Waals surface area contributed by atoms with Gasteiger partial charge in [0.15, 0.2) is 0 Å². The third-order valence-electron chi connectivity index (χ3n) is 4.39. The Morgan fingerprint density at radius 2 is 2.10 bits per heavy atom. The molecule has 0 saturated carbocycles. The number of nitrogens with two attached hydrogens (primary N) is 2. The number of primary amides is 1. The summed E-state index contributed by atoms with van der Waals surface area (Å²) in [6, 6.07) is 3.35. The van der Waals surface area contributed by atoms with Crippen molar-refractivity contribution in [1.29, 1.82) is 0 Å². The molecule has 1 aliphatic rings. The van der Waals surface area contributed by atoms with Crippen molar-refractivity contribution in [1.82, 2.24) is 0 Å². The van der Waals surface area contributed by atoms with Gasteiger partial charge in [-0.25, -0.2) is 4.39 Å². The van der Waals surface area contributed by atoms with Crippen LogP contribution in [0.25, 0.3) is 0 Å². The van der Waals surface area contributed by atoms with Gasteiger partial charge in [0, 0.05) is 24.3 Å². The Kier molecular flexibility index (Phi) is 4.52. The molecule has 1 amide bonds. The Hall–Kier alpha value is -1.62. The normalized spacial score (nSPS) is 24.0. The highest BCUT2D eigenvalue weighted by molar-refractivity contribution is 5.78. The molecule has 0 bridgehead atoms. The maximum Gasteiger partial charge on any atom is 0.222 e. The van der Waals surface area contributed by atoms with Crippen molar-refractivity contribution < 1.29 is 9.18 Å². The molecule has 3 atom stereocenters. The van der Waals surface area contributed by atoms with E-state index in [1.807, 2.05) is 13.0 Å². The zero-order chi connectivity index (χ0) is 15.7. The second-order valence-corrected chi connectivity index (χ2v) is 6.13. The summed E-state index contributed by atoms with van der Waals surface area (Å²) in [5.74, 6) is -0.678. The summed E-state index contributed by atoms with van der Waals surface area (Å²) in [6.45, 7) is 6.26. The third-order valence-corrected chi connectivity index (χ3v) is 4.39. The van der Waals surface area contributed by atoms with Crippen LogP contribution in [0.1, 0.15) is 43.9 Å². The van der Waals surface area contributed by atoms with Gasteiger partial charge in [0.05, 0.1) is 5.92 Å². The van der Waals surface area contributed by atoms with Gasteiger partial charge < -0.3 is 16.4 Å². The van der Waals surface area contributed by atoms with Gasteiger partial charge in [-0.15, -0.1) is 0 Å². The van der Waals surface area contributed by atoms with Gasteiger partial charge in [-0.05, 0) is 56.9 Å². The average molecular weight is 293 g/mol. The number of piperidine rings is 1. The summed E-state index contributed by atoms with van der Waals surface area (Å²) in [7, 11) is 0. The van der Waals surface area contributed by atoms with E-state index in [4.69, 9.17) is 11.5 Å². The number of amides is 1. The highest BCUT2D eigenvalue weighted by Crippen LogP contribution is 2.34. The van der Waals surface area contributed by atoms with Crippen LogP contribution in [0.15, 0.2) is 12.1 Å². The van der Waals surface area contributed by atoms with Gasteiger partial charge in [-0.3, -0.25) is 4.79 Å². The topological polar surface area (TPSA) is 72.3 Å². The third kappa shape index (κ3) is 3.18. The van der Waals surface area contributed by atoms with E-state index in [9.17, 15) is 9.18 Å². The second-order valence-electron chi connectivity index (χ2n) is 6.13. The van der Waals surface area contributed by atoms with E-state index in [1.165, 1.54) is 6.07 Å². The fourth-order valence-corrected chi connectivity index (χ4v) is 2.97.